The SMILES string of the molecule is CN(C)c1ccccc1CSc1nnc(CO)n1C. The molecule has 0 amide bonds. The van der Waals surface area contributed by atoms with E-state index in [1.54, 1.807) is 11.8 Å². The number of hydrogen-bond donors (Lipinski definition) is 1. The largest absolute Gasteiger partial charge is 0.388 e. The maximum Gasteiger partial charge on any atom is 0.191 e. The molecular formula is C13H18N4OS. The Bertz CT molecular complexity index is 553. The third-order valence-electron chi connectivity index (χ3n) is 2.90. The zero-order valence-corrected chi connectivity index (χ0v) is 12.2. The molecule has 0 radical (unpaired) electrons. The normalized spacial score (nSPS) is 10.7. The number of rotatable bonds is 5. The van der Waals surface area contributed by atoms with Crippen LogP contribution in [0.5, 0.6) is 0 Å². The zero-order valence-electron chi connectivity index (χ0n) is 11.4. The first kappa shape index (κ1) is 13.9. The minimum absolute atomic E-state index is 0.0850. The third-order valence-corrected chi connectivity index (χ3v) is 3.97. The molecule has 102 valence electrons. The maximum atomic E-state index is 9.09. The van der Waals surface area contributed by atoms with E-state index in [-0.39, 0.29) is 6.61 Å². The van der Waals surface area contributed by atoms with E-state index in [2.05, 4.69) is 27.2 Å². The van der Waals surface area contributed by atoms with Crippen LogP contribution in [0.4, 0.5) is 5.69 Å². The standard InChI is InChI=1S/C13H18N4OS/c1-16(2)11-7-5-4-6-10(11)9-19-13-15-14-12(8-18)17(13)3/h4-7,18H,8-9H2,1-3H3. The smallest absolute Gasteiger partial charge is 0.191 e. The van der Waals surface area contributed by atoms with E-state index >= 15 is 0 Å². The number of aromatic nitrogens is 3. The molecule has 0 spiro atoms. The van der Waals surface area contributed by atoms with Crippen LogP contribution in [0, 0.1) is 0 Å². The average molecular weight is 278 g/mol. The molecule has 0 atom stereocenters. The van der Waals surface area contributed by atoms with E-state index in [4.69, 9.17) is 5.11 Å². The van der Waals surface area contributed by atoms with Gasteiger partial charge in [-0.25, -0.2) is 0 Å². The highest BCUT2D eigenvalue weighted by Crippen LogP contribution is 2.26. The van der Waals surface area contributed by atoms with Crippen LogP contribution in [0.1, 0.15) is 11.4 Å². The predicted molar refractivity (Wildman–Crippen MR) is 77.3 cm³/mol. The van der Waals surface area contributed by atoms with Gasteiger partial charge in [0.2, 0.25) is 0 Å². The fourth-order valence-electron chi connectivity index (χ4n) is 1.82. The first-order valence-electron chi connectivity index (χ1n) is 6.00. The molecule has 2 rings (SSSR count). The van der Waals surface area contributed by atoms with Gasteiger partial charge in [-0.15, -0.1) is 10.2 Å². The van der Waals surface area contributed by atoms with Crippen LogP contribution in [0.2, 0.25) is 0 Å². The minimum atomic E-state index is -0.0850. The van der Waals surface area contributed by atoms with Crippen molar-refractivity contribution in [2.45, 2.75) is 17.5 Å². The summed E-state index contributed by atoms with van der Waals surface area (Å²) in [4.78, 5) is 2.10. The summed E-state index contributed by atoms with van der Waals surface area (Å²) in [6.45, 7) is -0.0850. The summed E-state index contributed by atoms with van der Waals surface area (Å²) >= 11 is 1.62. The molecule has 0 aliphatic carbocycles. The van der Waals surface area contributed by atoms with E-state index in [1.807, 2.05) is 37.8 Å². The molecule has 0 fully saturated rings. The Morgan fingerprint density at radius 3 is 2.63 bits per heavy atom. The van der Waals surface area contributed by atoms with Crippen LogP contribution in [0.25, 0.3) is 0 Å². The van der Waals surface area contributed by atoms with E-state index in [0.717, 1.165) is 10.9 Å². The van der Waals surface area contributed by atoms with Crippen molar-refractivity contribution in [3.63, 3.8) is 0 Å². The van der Waals surface area contributed by atoms with Gasteiger partial charge in [-0.1, -0.05) is 30.0 Å². The minimum Gasteiger partial charge on any atom is -0.388 e. The first-order chi connectivity index (χ1) is 9.13. The molecule has 0 aliphatic rings. The molecule has 2 aromatic rings. The summed E-state index contributed by atoms with van der Waals surface area (Å²) < 4.78 is 1.82. The highest BCUT2D eigenvalue weighted by atomic mass is 32.2. The highest BCUT2D eigenvalue weighted by Gasteiger charge is 2.10. The molecule has 0 bridgehead atoms. The summed E-state index contributed by atoms with van der Waals surface area (Å²) in [5, 5.41) is 17.9. The predicted octanol–water partition coefficient (Wildman–Crippen LogP) is 1.67. The van der Waals surface area contributed by atoms with Crippen molar-refractivity contribution < 1.29 is 5.11 Å². The number of anilines is 1. The van der Waals surface area contributed by atoms with E-state index < -0.39 is 0 Å². The van der Waals surface area contributed by atoms with Crippen molar-refractivity contribution in [2.24, 2.45) is 7.05 Å². The lowest BCUT2D eigenvalue weighted by molar-refractivity contribution is 0.266. The molecule has 1 aromatic heterocycles. The molecule has 6 heteroatoms. The average Bonchev–Trinajstić information content (AvgIpc) is 2.77. The second-order valence-electron chi connectivity index (χ2n) is 4.43. The molecule has 19 heavy (non-hydrogen) atoms. The number of aliphatic hydroxyl groups is 1. The van der Waals surface area contributed by atoms with Crippen LogP contribution in [0.15, 0.2) is 29.4 Å². The van der Waals surface area contributed by atoms with Crippen LogP contribution < -0.4 is 4.90 Å². The van der Waals surface area contributed by atoms with Gasteiger partial charge in [0.1, 0.15) is 6.61 Å². The first-order valence-corrected chi connectivity index (χ1v) is 6.99. The summed E-state index contributed by atoms with van der Waals surface area (Å²) in [5.41, 5.74) is 2.46. The van der Waals surface area contributed by atoms with Gasteiger partial charge in [-0.2, -0.15) is 0 Å². The molecule has 0 saturated heterocycles. The van der Waals surface area contributed by atoms with Gasteiger partial charge in [0.25, 0.3) is 0 Å². The molecular weight excluding hydrogens is 260 g/mol. The Morgan fingerprint density at radius 2 is 2.00 bits per heavy atom. The number of hydrogen-bond acceptors (Lipinski definition) is 5. The fourth-order valence-corrected chi connectivity index (χ4v) is 2.75. The number of aliphatic hydroxyl groups excluding tert-OH is 1. The van der Waals surface area contributed by atoms with Gasteiger partial charge in [-0.05, 0) is 11.6 Å². The van der Waals surface area contributed by atoms with Crippen LogP contribution in [0.3, 0.4) is 0 Å². The van der Waals surface area contributed by atoms with E-state index in [9.17, 15) is 0 Å². The lowest BCUT2D eigenvalue weighted by Crippen LogP contribution is -2.10. The van der Waals surface area contributed by atoms with Crippen LogP contribution in [-0.2, 0) is 19.4 Å². The van der Waals surface area contributed by atoms with Gasteiger partial charge in [0.15, 0.2) is 11.0 Å². The van der Waals surface area contributed by atoms with Crippen molar-refractivity contribution in [3.05, 3.63) is 35.7 Å². The molecule has 5 nitrogen and oxygen atoms in total. The quantitative estimate of drug-likeness (QED) is 0.843. The number of para-hydroxylation sites is 1. The van der Waals surface area contributed by atoms with Crippen molar-refractivity contribution in [3.8, 4) is 0 Å². The Balaban J connectivity index is 2.12. The van der Waals surface area contributed by atoms with Crippen molar-refractivity contribution >= 4 is 17.4 Å². The fraction of sp³-hybridized carbons (Fsp3) is 0.385. The Hall–Kier alpha value is -1.53. The summed E-state index contributed by atoms with van der Waals surface area (Å²) in [7, 11) is 5.94. The van der Waals surface area contributed by atoms with Gasteiger partial charge in [-0.3, -0.25) is 0 Å². The Labute approximate surface area is 117 Å². The molecule has 0 saturated carbocycles. The molecule has 1 aromatic carbocycles. The van der Waals surface area contributed by atoms with Gasteiger partial charge < -0.3 is 14.6 Å². The summed E-state index contributed by atoms with van der Waals surface area (Å²) in [6.07, 6.45) is 0. The number of thioether (sulfide) groups is 1. The second-order valence-corrected chi connectivity index (χ2v) is 5.37. The van der Waals surface area contributed by atoms with Gasteiger partial charge in [0, 0.05) is 32.6 Å². The van der Waals surface area contributed by atoms with Crippen molar-refractivity contribution in [2.75, 3.05) is 19.0 Å². The van der Waals surface area contributed by atoms with Gasteiger partial charge >= 0.3 is 0 Å². The lowest BCUT2D eigenvalue weighted by Gasteiger charge is -2.16. The van der Waals surface area contributed by atoms with E-state index in [1.165, 1.54) is 11.3 Å². The second kappa shape index (κ2) is 6.08. The zero-order chi connectivity index (χ0) is 13.8. The molecule has 0 unspecified atom stereocenters. The topological polar surface area (TPSA) is 54.2 Å². The Morgan fingerprint density at radius 1 is 1.26 bits per heavy atom. The van der Waals surface area contributed by atoms with E-state index in [0.29, 0.717) is 5.82 Å². The van der Waals surface area contributed by atoms with Crippen molar-refractivity contribution in [1.29, 1.82) is 0 Å². The highest BCUT2D eigenvalue weighted by molar-refractivity contribution is 7.98. The number of benzene rings is 1. The lowest BCUT2D eigenvalue weighted by atomic mass is 10.2. The summed E-state index contributed by atoms with van der Waals surface area (Å²) in [5.74, 6) is 1.41. The number of nitrogens with zero attached hydrogens (tertiary/aromatic N) is 4. The van der Waals surface area contributed by atoms with Crippen LogP contribution in [-0.4, -0.2) is 34.0 Å². The maximum absolute atomic E-state index is 9.09. The summed E-state index contributed by atoms with van der Waals surface area (Å²) in [6, 6.07) is 8.30. The van der Waals surface area contributed by atoms with Crippen molar-refractivity contribution in [1.82, 2.24) is 14.8 Å². The van der Waals surface area contributed by atoms with Crippen LogP contribution >= 0.6 is 11.8 Å². The monoisotopic (exact) mass is 278 g/mol. The molecule has 1 N–H and O–H groups in total. The van der Waals surface area contributed by atoms with Gasteiger partial charge in [0.05, 0.1) is 0 Å². The molecule has 0 aliphatic heterocycles. The Kier molecular flexibility index (Phi) is 4.44. The third kappa shape index (κ3) is 3.08. The molecule has 1 heterocycles.